The second-order valence-corrected chi connectivity index (χ2v) is 11.2. The van der Waals surface area contributed by atoms with Gasteiger partial charge in [-0.1, -0.05) is 93.9 Å². The maximum Gasteiger partial charge on any atom is 0.405 e. The van der Waals surface area contributed by atoms with E-state index in [1.165, 1.54) is 0 Å². The normalized spacial score (nSPS) is 13.8. The lowest BCUT2D eigenvalue weighted by atomic mass is 9.73. The van der Waals surface area contributed by atoms with Crippen LogP contribution in [-0.2, 0) is 10.2 Å². The number of amides is 2. The molecule has 3 aromatic rings. The van der Waals surface area contributed by atoms with Crippen molar-refractivity contribution >= 4 is 11.8 Å². The number of nitrogens with zero attached hydrogens (tertiary/aromatic N) is 1. The van der Waals surface area contributed by atoms with Gasteiger partial charge in [-0.15, -0.1) is 0 Å². The molecule has 0 spiro atoms. The van der Waals surface area contributed by atoms with Crippen LogP contribution in [0.4, 0.5) is 13.2 Å². The largest absolute Gasteiger partial charge is 0.405 e. The molecular weight excluding hydrogens is 563 g/mol. The Kier molecular flexibility index (Phi) is 12.6. The van der Waals surface area contributed by atoms with Gasteiger partial charge in [0.15, 0.2) is 0 Å². The Morgan fingerprint density at radius 3 is 2.00 bits per heavy atom. The number of unbranched alkanes of at least 4 members (excludes halogenated alkanes) is 1. The molecule has 0 radical (unpaired) electrons. The fraction of sp³-hybridized carbons (Fsp3) is 0.444. The number of hydrogen-bond acceptors (Lipinski definition) is 3. The highest BCUT2D eigenvalue weighted by atomic mass is 19.4. The van der Waals surface area contributed by atoms with E-state index in [1.54, 1.807) is 0 Å². The van der Waals surface area contributed by atoms with Crippen molar-refractivity contribution in [3.05, 3.63) is 95.1 Å². The summed E-state index contributed by atoms with van der Waals surface area (Å²) in [6.07, 6.45) is -1.84. The van der Waals surface area contributed by atoms with E-state index in [0.29, 0.717) is 18.4 Å². The number of carbonyl (C=O) groups excluding carboxylic acids is 2. The van der Waals surface area contributed by atoms with Gasteiger partial charge in [0.25, 0.3) is 5.91 Å². The summed E-state index contributed by atoms with van der Waals surface area (Å²) in [5.74, 6) is -0.683. The number of hydrogen-bond donors (Lipinski definition) is 2. The minimum atomic E-state index is -4.49. The number of rotatable bonds is 13. The van der Waals surface area contributed by atoms with Crippen LogP contribution in [0.3, 0.4) is 0 Å². The first kappa shape index (κ1) is 34.8. The highest BCUT2D eigenvalue weighted by Crippen LogP contribution is 2.51. The molecule has 44 heavy (non-hydrogen) atoms. The highest BCUT2D eigenvalue weighted by molar-refractivity contribution is 6.00. The Bertz CT molecular complexity index is 1340. The Hall–Kier alpha value is -3.65. The van der Waals surface area contributed by atoms with E-state index in [1.807, 2.05) is 100 Å². The molecule has 0 fully saturated rings. The molecule has 2 amide bonds. The number of carbonyl (C=O) groups is 2. The molecular formula is C36H46F3N3O2. The number of benzene rings is 3. The molecule has 8 heteroatoms. The van der Waals surface area contributed by atoms with E-state index in [0.717, 1.165) is 60.3 Å². The summed E-state index contributed by atoms with van der Waals surface area (Å²) in [4.78, 5) is 28.6. The Labute approximate surface area is 260 Å². The Balaban J connectivity index is 0.00000259. The van der Waals surface area contributed by atoms with Crippen molar-refractivity contribution in [2.45, 2.75) is 77.9 Å². The van der Waals surface area contributed by atoms with Crippen LogP contribution in [0.15, 0.2) is 72.8 Å². The summed E-state index contributed by atoms with van der Waals surface area (Å²) >= 11 is 0. The molecule has 1 aliphatic rings. The molecule has 0 saturated heterocycles. The molecule has 0 bridgehead atoms. The molecule has 2 N–H and O–H groups in total. The predicted molar refractivity (Wildman–Crippen MR) is 172 cm³/mol. The smallest absolute Gasteiger partial charge is 0.350 e. The minimum absolute atomic E-state index is 0.00162. The molecule has 238 valence electrons. The van der Waals surface area contributed by atoms with E-state index < -0.39 is 24.0 Å². The van der Waals surface area contributed by atoms with Crippen molar-refractivity contribution < 1.29 is 22.8 Å². The van der Waals surface area contributed by atoms with Gasteiger partial charge in [0.1, 0.15) is 12.0 Å². The summed E-state index contributed by atoms with van der Waals surface area (Å²) in [6, 6.07) is 22.6. The Morgan fingerprint density at radius 1 is 0.864 bits per heavy atom. The lowest BCUT2D eigenvalue weighted by Crippen LogP contribution is -2.47. The second-order valence-electron chi connectivity index (χ2n) is 11.2. The average Bonchev–Trinajstić information content (AvgIpc) is 3.31. The molecule has 0 saturated carbocycles. The van der Waals surface area contributed by atoms with Crippen molar-refractivity contribution in [1.29, 1.82) is 0 Å². The lowest BCUT2D eigenvalue weighted by Gasteiger charge is -2.31. The van der Waals surface area contributed by atoms with Gasteiger partial charge in [0, 0.05) is 18.2 Å². The zero-order valence-corrected chi connectivity index (χ0v) is 26.6. The van der Waals surface area contributed by atoms with Crippen molar-refractivity contribution in [2.24, 2.45) is 0 Å². The van der Waals surface area contributed by atoms with Gasteiger partial charge in [-0.05, 0) is 80.1 Å². The number of halogens is 3. The van der Waals surface area contributed by atoms with Crippen LogP contribution in [0.25, 0.3) is 11.1 Å². The van der Waals surface area contributed by atoms with Crippen LogP contribution in [0, 0.1) is 6.92 Å². The van der Waals surface area contributed by atoms with Gasteiger partial charge in [-0.3, -0.25) is 9.59 Å². The van der Waals surface area contributed by atoms with E-state index >= 15 is 0 Å². The van der Waals surface area contributed by atoms with Crippen molar-refractivity contribution in [3.8, 4) is 11.1 Å². The zero-order valence-electron chi connectivity index (χ0n) is 26.6. The first-order chi connectivity index (χ1) is 21.1. The molecule has 0 aliphatic heterocycles. The second kappa shape index (κ2) is 15.9. The van der Waals surface area contributed by atoms with Gasteiger partial charge in [0.2, 0.25) is 5.91 Å². The summed E-state index contributed by atoms with van der Waals surface area (Å²) < 4.78 is 39.3. The topological polar surface area (TPSA) is 61.4 Å². The minimum Gasteiger partial charge on any atom is -0.350 e. The lowest BCUT2D eigenvalue weighted by molar-refractivity contribution is -0.141. The van der Waals surface area contributed by atoms with E-state index in [9.17, 15) is 22.8 Å². The van der Waals surface area contributed by atoms with Gasteiger partial charge < -0.3 is 15.5 Å². The third-order valence-electron chi connectivity index (χ3n) is 8.27. The van der Waals surface area contributed by atoms with Crippen molar-refractivity contribution in [3.63, 3.8) is 0 Å². The summed E-state index contributed by atoms with van der Waals surface area (Å²) in [5.41, 5.74) is 3.76. The number of fused-ring (bicyclic) bond motifs is 3. The third-order valence-corrected chi connectivity index (χ3v) is 8.27. The maximum atomic E-state index is 13.7. The fourth-order valence-corrected chi connectivity index (χ4v) is 6.02. The molecule has 1 atom stereocenters. The number of alkyl halides is 3. The van der Waals surface area contributed by atoms with E-state index in [2.05, 4.69) is 22.5 Å². The van der Waals surface area contributed by atoms with Crippen LogP contribution in [-0.4, -0.2) is 55.1 Å². The molecule has 0 heterocycles. The zero-order chi connectivity index (χ0) is 32.3. The molecule has 1 aliphatic carbocycles. The fourth-order valence-electron chi connectivity index (χ4n) is 6.02. The molecule has 3 aromatic carbocycles. The SMILES string of the molecule is CC.CCN(CCCCC1(C(=O)NCC(F)(F)F)c2ccccc2-c2ccccc21)CCC(C)NC(=O)c1ccccc1C. The average molecular weight is 610 g/mol. The van der Waals surface area contributed by atoms with Crippen LogP contribution < -0.4 is 10.6 Å². The standard InChI is InChI=1S/C34H40F3N3O2.C2H6/c1-4-40(22-19-25(3)39-31(41)26-14-6-5-13-24(26)2)21-12-11-20-33(32(42)38-23-34(35,36)37)29-17-9-7-15-27(29)28-16-8-10-18-30(28)33;1-2/h5-10,13-18,25H,4,11-12,19-23H2,1-3H3,(H,38,42)(H,39,41);1-2H3. The summed E-state index contributed by atoms with van der Waals surface area (Å²) in [5, 5.41) is 5.29. The van der Waals surface area contributed by atoms with Gasteiger partial charge in [-0.2, -0.15) is 13.2 Å². The first-order valence-corrected chi connectivity index (χ1v) is 15.7. The monoisotopic (exact) mass is 609 g/mol. The van der Waals surface area contributed by atoms with Crippen LogP contribution in [0.5, 0.6) is 0 Å². The molecule has 4 rings (SSSR count). The van der Waals surface area contributed by atoms with Crippen LogP contribution in [0.1, 0.15) is 80.4 Å². The summed E-state index contributed by atoms with van der Waals surface area (Å²) in [6.45, 7) is 11.1. The Morgan fingerprint density at radius 2 is 1.43 bits per heavy atom. The van der Waals surface area contributed by atoms with Crippen molar-refractivity contribution in [2.75, 3.05) is 26.2 Å². The van der Waals surface area contributed by atoms with Crippen LogP contribution in [0.2, 0.25) is 0 Å². The molecule has 1 unspecified atom stereocenters. The number of aryl methyl sites for hydroxylation is 1. The predicted octanol–water partition coefficient (Wildman–Crippen LogP) is 7.67. The van der Waals surface area contributed by atoms with E-state index in [4.69, 9.17) is 0 Å². The molecule has 5 nitrogen and oxygen atoms in total. The summed E-state index contributed by atoms with van der Waals surface area (Å²) in [7, 11) is 0. The first-order valence-electron chi connectivity index (χ1n) is 15.7. The third kappa shape index (κ3) is 8.29. The van der Waals surface area contributed by atoms with Crippen LogP contribution >= 0.6 is 0 Å². The van der Waals surface area contributed by atoms with Crippen molar-refractivity contribution in [1.82, 2.24) is 15.5 Å². The van der Waals surface area contributed by atoms with E-state index in [-0.39, 0.29) is 11.9 Å². The number of nitrogens with one attached hydrogen (secondary N) is 2. The quantitative estimate of drug-likeness (QED) is 0.196. The van der Waals surface area contributed by atoms with Gasteiger partial charge >= 0.3 is 6.18 Å². The van der Waals surface area contributed by atoms with Gasteiger partial charge in [0.05, 0.1) is 0 Å². The maximum absolute atomic E-state index is 13.7. The van der Waals surface area contributed by atoms with Gasteiger partial charge in [-0.25, -0.2) is 0 Å². The highest BCUT2D eigenvalue weighted by Gasteiger charge is 2.49. The molecule has 0 aromatic heterocycles.